The molecule has 4 rings (SSSR count). The van der Waals surface area contributed by atoms with Crippen LogP contribution in [-0.2, 0) is 25.5 Å². The second kappa shape index (κ2) is 7.18. The second-order valence-corrected chi connectivity index (χ2v) is 6.59. The lowest BCUT2D eigenvalue weighted by Gasteiger charge is -2.38. The van der Waals surface area contributed by atoms with Gasteiger partial charge in [0, 0.05) is 19.3 Å². The SMILES string of the molecule is O=C1OC2(CCCCC2)OC(=O)C1=NNc1n[nH]c(Cc2ccccc2)n1. The van der Waals surface area contributed by atoms with Gasteiger partial charge in [0.25, 0.3) is 17.4 Å². The molecule has 2 N–H and O–H groups in total. The number of carbonyl (C=O) groups is 2. The molecular formula is C18H19N5O4. The lowest BCUT2D eigenvalue weighted by Crippen LogP contribution is -2.51. The molecule has 1 saturated heterocycles. The largest absolute Gasteiger partial charge is 0.417 e. The Bertz CT molecular complexity index is 849. The number of hydrogen-bond donors (Lipinski definition) is 2. The van der Waals surface area contributed by atoms with Crippen molar-refractivity contribution < 1.29 is 19.1 Å². The molecule has 2 fully saturated rings. The zero-order valence-electron chi connectivity index (χ0n) is 14.6. The van der Waals surface area contributed by atoms with Crippen LogP contribution in [0.1, 0.15) is 43.5 Å². The molecular weight excluding hydrogens is 350 g/mol. The van der Waals surface area contributed by atoms with Crippen molar-refractivity contribution in [1.82, 2.24) is 15.2 Å². The maximum Gasteiger partial charge on any atom is 0.369 e. The molecule has 0 unspecified atom stereocenters. The third-order valence-corrected chi connectivity index (χ3v) is 4.57. The van der Waals surface area contributed by atoms with Crippen LogP contribution in [-0.4, -0.2) is 38.6 Å². The van der Waals surface area contributed by atoms with Crippen molar-refractivity contribution in [1.29, 1.82) is 0 Å². The van der Waals surface area contributed by atoms with Gasteiger partial charge in [-0.3, -0.25) is 5.10 Å². The molecule has 0 amide bonds. The average Bonchev–Trinajstić information content (AvgIpc) is 3.10. The highest BCUT2D eigenvalue weighted by molar-refractivity contribution is 6.63. The summed E-state index contributed by atoms with van der Waals surface area (Å²) in [6.07, 6.45) is 4.36. The average molecular weight is 369 g/mol. The quantitative estimate of drug-likeness (QED) is 0.624. The van der Waals surface area contributed by atoms with Crippen LogP contribution in [0.3, 0.4) is 0 Å². The number of aromatic amines is 1. The van der Waals surface area contributed by atoms with E-state index in [1.54, 1.807) is 0 Å². The van der Waals surface area contributed by atoms with Gasteiger partial charge in [0.2, 0.25) is 0 Å². The first kappa shape index (κ1) is 17.2. The Morgan fingerprint density at radius 1 is 1.07 bits per heavy atom. The van der Waals surface area contributed by atoms with Crippen molar-refractivity contribution >= 4 is 23.6 Å². The van der Waals surface area contributed by atoms with Crippen molar-refractivity contribution in [2.45, 2.75) is 44.3 Å². The van der Waals surface area contributed by atoms with Crippen LogP contribution in [0.5, 0.6) is 0 Å². The van der Waals surface area contributed by atoms with Gasteiger partial charge in [0.1, 0.15) is 5.82 Å². The van der Waals surface area contributed by atoms with Gasteiger partial charge in [0.05, 0.1) is 0 Å². The molecule has 0 radical (unpaired) electrons. The highest BCUT2D eigenvalue weighted by atomic mass is 16.7. The van der Waals surface area contributed by atoms with E-state index < -0.39 is 23.4 Å². The Morgan fingerprint density at radius 3 is 2.48 bits per heavy atom. The summed E-state index contributed by atoms with van der Waals surface area (Å²) in [4.78, 5) is 28.6. The van der Waals surface area contributed by atoms with E-state index in [-0.39, 0.29) is 5.95 Å². The Kier molecular flexibility index (Phi) is 4.57. The van der Waals surface area contributed by atoms with E-state index in [0.717, 1.165) is 24.8 Å². The maximum absolute atomic E-state index is 12.2. The molecule has 2 heterocycles. The summed E-state index contributed by atoms with van der Waals surface area (Å²) in [7, 11) is 0. The Morgan fingerprint density at radius 2 is 1.78 bits per heavy atom. The van der Waals surface area contributed by atoms with Crippen molar-refractivity contribution in [2.75, 3.05) is 5.43 Å². The van der Waals surface area contributed by atoms with Crippen LogP contribution in [0.2, 0.25) is 0 Å². The Labute approximate surface area is 155 Å². The van der Waals surface area contributed by atoms with E-state index in [4.69, 9.17) is 9.47 Å². The van der Waals surface area contributed by atoms with E-state index in [0.29, 0.717) is 25.1 Å². The molecule has 1 aromatic heterocycles. The van der Waals surface area contributed by atoms with Gasteiger partial charge in [-0.15, -0.1) is 5.10 Å². The molecule has 0 atom stereocenters. The van der Waals surface area contributed by atoms with Gasteiger partial charge in [-0.2, -0.15) is 10.1 Å². The predicted molar refractivity (Wildman–Crippen MR) is 94.7 cm³/mol. The van der Waals surface area contributed by atoms with Crippen molar-refractivity contribution in [2.24, 2.45) is 5.10 Å². The molecule has 1 aliphatic heterocycles. The monoisotopic (exact) mass is 369 g/mol. The first-order chi connectivity index (χ1) is 13.1. The predicted octanol–water partition coefficient (Wildman–Crippen LogP) is 1.92. The van der Waals surface area contributed by atoms with E-state index in [9.17, 15) is 9.59 Å². The molecule has 9 nitrogen and oxygen atoms in total. The summed E-state index contributed by atoms with van der Waals surface area (Å²) in [6.45, 7) is 0. The smallest absolute Gasteiger partial charge is 0.369 e. The van der Waals surface area contributed by atoms with Crippen LogP contribution >= 0.6 is 0 Å². The number of esters is 2. The summed E-state index contributed by atoms with van der Waals surface area (Å²) < 4.78 is 10.7. The molecule has 1 saturated carbocycles. The third-order valence-electron chi connectivity index (χ3n) is 4.57. The zero-order chi connectivity index (χ0) is 18.7. The van der Waals surface area contributed by atoms with Crippen molar-refractivity contribution in [3.8, 4) is 0 Å². The first-order valence-electron chi connectivity index (χ1n) is 8.89. The maximum atomic E-state index is 12.2. The number of hydrogen-bond acceptors (Lipinski definition) is 8. The summed E-state index contributed by atoms with van der Waals surface area (Å²) in [5.74, 6) is -1.94. The lowest BCUT2D eigenvalue weighted by molar-refractivity contribution is -0.237. The van der Waals surface area contributed by atoms with Gasteiger partial charge >= 0.3 is 11.9 Å². The number of rotatable bonds is 4. The minimum atomic E-state index is -1.13. The van der Waals surface area contributed by atoms with Gasteiger partial charge < -0.3 is 9.47 Å². The van der Waals surface area contributed by atoms with Gasteiger partial charge in [-0.05, 0) is 18.4 Å². The van der Waals surface area contributed by atoms with E-state index in [1.807, 2.05) is 30.3 Å². The first-order valence-corrected chi connectivity index (χ1v) is 8.89. The van der Waals surface area contributed by atoms with Crippen LogP contribution < -0.4 is 5.43 Å². The zero-order valence-corrected chi connectivity index (χ0v) is 14.6. The summed E-state index contributed by atoms with van der Waals surface area (Å²) in [6, 6.07) is 9.77. The van der Waals surface area contributed by atoms with Crippen LogP contribution in [0.15, 0.2) is 35.4 Å². The molecule has 2 aliphatic rings. The lowest BCUT2D eigenvalue weighted by atomic mass is 9.93. The molecule has 1 aliphatic carbocycles. The number of aromatic nitrogens is 3. The highest BCUT2D eigenvalue weighted by Gasteiger charge is 2.47. The number of anilines is 1. The third kappa shape index (κ3) is 3.81. The highest BCUT2D eigenvalue weighted by Crippen LogP contribution is 2.35. The van der Waals surface area contributed by atoms with Gasteiger partial charge in [-0.1, -0.05) is 36.8 Å². The number of hydrazone groups is 1. The van der Waals surface area contributed by atoms with Crippen LogP contribution in [0.4, 0.5) is 5.95 Å². The topological polar surface area (TPSA) is 119 Å². The summed E-state index contributed by atoms with van der Waals surface area (Å²) >= 11 is 0. The minimum Gasteiger partial charge on any atom is -0.417 e. The fraction of sp³-hybridized carbons (Fsp3) is 0.389. The van der Waals surface area contributed by atoms with E-state index >= 15 is 0 Å². The minimum absolute atomic E-state index is 0.145. The van der Waals surface area contributed by atoms with Crippen molar-refractivity contribution in [3.63, 3.8) is 0 Å². The molecule has 9 heteroatoms. The summed E-state index contributed by atoms with van der Waals surface area (Å²) in [5, 5.41) is 10.5. The summed E-state index contributed by atoms with van der Waals surface area (Å²) in [5.41, 5.74) is 3.13. The van der Waals surface area contributed by atoms with Crippen LogP contribution in [0, 0.1) is 0 Å². The molecule has 1 aromatic carbocycles. The number of carbonyl (C=O) groups excluding carboxylic acids is 2. The fourth-order valence-electron chi connectivity index (χ4n) is 3.24. The molecule has 140 valence electrons. The number of H-pyrrole nitrogens is 1. The van der Waals surface area contributed by atoms with Gasteiger partial charge in [0.15, 0.2) is 0 Å². The van der Waals surface area contributed by atoms with Gasteiger partial charge in [-0.25, -0.2) is 15.0 Å². The Balaban J connectivity index is 1.41. The standard InChI is InChI=1S/C18H19N5O4/c24-15-14(16(25)27-18(26-15)9-5-2-6-10-18)21-23-17-19-13(20-22-17)11-12-7-3-1-4-8-12/h1,3-4,7-8H,2,5-6,9-11H2,(H2,19,20,22,23). The van der Waals surface area contributed by atoms with Crippen molar-refractivity contribution in [3.05, 3.63) is 41.7 Å². The molecule has 0 bridgehead atoms. The Hall–Kier alpha value is -3.23. The molecule has 2 aromatic rings. The molecule has 27 heavy (non-hydrogen) atoms. The fourth-order valence-corrected chi connectivity index (χ4v) is 3.24. The van der Waals surface area contributed by atoms with E-state index in [2.05, 4.69) is 25.7 Å². The number of nitrogens with zero attached hydrogens (tertiary/aromatic N) is 3. The number of benzene rings is 1. The second-order valence-electron chi connectivity index (χ2n) is 6.59. The van der Waals surface area contributed by atoms with E-state index in [1.165, 1.54) is 0 Å². The number of ether oxygens (including phenoxy) is 2. The number of nitrogens with one attached hydrogen (secondary N) is 2. The normalized spacial score (nSPS) is 18.7. The molecule has 1 spiro atoms. The van der Waals surface area contributed by atoms with Crippen LogP contribution in [0.25, 0.3) is 0 Å².